The van der Waals surface area contributed by atoms with Gasteiger partial charge in [-0.1, -0.05) is 5.92 Å². The van der Waals surface area contributed by atoms with Gasteiger partial charge in [-0.2, -0.15) is 10.4 Å². The van der Waals surface area contributed by atoms with Crippen LogP contribution in [0.3, 0.4) is 0 Å². The van der Waals surface area contributed by atoms with Gasteiger partial charge >= 0.3 is 12.1 Å². The topological polar surface area (TPSA) is 128 Å². The number of carbonyl (C=O) groups excluding carboxylic acids is 2. The van der Waals surface area contributed by atoms with Gasteiger partial charge in [-0.25, -0.2) is 9.48 Å². The number of nitrogens with one attached hydrogen (secondary N) is 1. The molecule has 202 valence electrons. The first-order valence-corrected chi connectivity index (χ1v) is 12.2. The van der Waals surface area contributed by atoms with E-state index in [1.54, 1.807) is 42.0 Å². The van der Waals surface area contributed by atoms with E-state index >= 15 is 0 Å². The van der Waals surface area contributed by atoms with Crippen molar-refractivity contribution in [2.24, 2.45) is 0 Å². The second-order valence-corrected chi connectivity index (χ2v) is 9.62. The molecule has 38 heavy (non-hydrogen) atoms. The molecule has 0 bridgehead atoms. The van der Waals surface area contributed by atoms with E-state index in [-0.39, 0.29) is 30.5 Å². The number of hydrogen-bond donors (Lipinski definition) is 1. The SMILES string of the molecule is COc1cc(C#Cc2nn(C3CCN(C(=O)OC(C)(C)C)C3)c(NCCOC(C)=O)c2C#N)cc(OC)c1. The van der Waals surface area contributed by atoms with Gasteiger partial charge in [-0.05, 0) is 45.2 Å². The number of esters is 1. The van der Waals surface area contributed by atoms with Gasteiger partial charge in [0, 0.05) is 31.6 Å². The summed E-state index contributed by atoms with van der Waals surface area (Å²) in [5.41, 5.74) is 0.552. The molecule has 1 aliphatic rings. The maximum Gasteiger partial charge on any atom is 0.410 e. The second-order valence-electron chi connectivity index (χ2n) is 9.62. The summed E-state index contributed by atoms with van der Waals surface area (Å²) in [4.78, 5) is 25.4. The molecule has 0 spiro atoms. The van der Waals surface area contributed by atoms with Gasteiger partial charge in [0.2, 0.25) is 0 Å². The predicted octanol–water partition coefficient (Wildman–Crippen LogP) is 3.33. The molecular formula is C27H33N5O6. The summed E-state index contributed by atoms with van der Waals surface area (Å²) in [6.45, 7) is 8.01. The van der Waals surface area contributed by atoms with Crippen LogP contribution in [0.25, 0.3) is 0 Å². The minimum atomic E-state index is -0.607. The van der Waals surface area contributed by atoms with Crippen molar-refractivity contribution in [2.45, 2.75) is 45.8 Å². The lowest BCUT2D eigenvalue weighted by molar-refractivity contribution is -0.140. The Hall–Kier alpha value is -4.38. The largest absolute Gasteiger partial charge is 0.497 e. The van der Waals surface area contributed by atoms with Crippen molar-refractivity contribution < 1.29 is 28.5 Å². The molecule has 3 rings (SSSR count). The molecule has 1 N–H and O–H groups in total. The average molecular weight is 524 g/mol. The Kier molecular flexibility index (Phi) is 9.08. The highest BCUT2D eigenvalue weighted by Gasteiger charge is 2.33. The number of anilines is 1. The monoisotopic (exact) mass is 523 g/mol. The number of ether oxygens (including phenoxy) is 4. The van der Waals surface area contributed by atoms with Crippen molar-refractivity contribution in [2.75, 3.05) is 45.8 Å². The number of amides is 1. The zero-order chi connectivity index (χ0) is 27.9. The Bertz CT molecular complexity index is 1260. The molecule has 1 aromatic heterocycles. The number of carbonyl (C=O) groups is 2. The van der Waals surface area contributed by atoms with E-state index < -0.39 is 17.7 Å². The first kappa shape index (κ1) is 28.2. The molecule has 1 amide bonds. The van der Waals surface area contributed by atoms with Crippen LogP contribution in [0.4, 0.5) is 10.6 Å². The van der Waals surface area contributed by atoms with Gasteiger partial charge in [-0.3, -0.25) is 4.79 Å². The fraction of sp³-hybridized carbons (Fsp3) is 0.481. The number of rotatable bonds is 7. The molecule has 2 aromatic rings. The Morgan fingerprint density at radius 2 is 1.84 bits per heavy atom. The second kappa shape index (κ2) is 12.2. The Labute approximate surface area is 222 Å². The zero-order valence-corrected chi connectivity index (χ0v) is 22.6. The van der Waals surface area contributed by atoms with Crippen LogP contribution in [0.15, 0.2) is 18.2 Å². The summed E-state index contributed by atoms with van der Waals surface area (Å²) in [7, 11) is 3.11. The Morgan fingerprint density at radius 3 is 2.42 bits per heavy atom. The summed E-state index contributed by atoms with van der Waals surface area (Å²) < 4.78 is 22.8. The van der Waals surface area contributed by atoms with Crippen molar-refractivity contribution in [3.05, 3.63) is 35.0 Å². The minimum Gasteiger partial charge on any atom is -0.497 e. The van der Waals surface area contributed by atoms with Crippen LogP contribution < -0.4 is 14.8 Å². The molecule has 1 fully saturated rings. The molecule has 11 nitrogen and oxygen atoms in total. The molecule has 1 aromatic carbocycles. The van der Waals surface area contributed by atoms with E-state index in [2.05, 4.69) is 28.3 Å². The van der Waals surface area contributed by atoms with Gasteiger partial charge in [0.25, 0.3) is 0 Å². The van der Waals surface area contributed by atoms with Gasteiger partial charge in [0.15, 0.2) is 5.69 Å². The first-order valence-electron chi connectivity index (χ1n) is 12.2. The molecular weight excluding hydrogens is 490 g/mol. The third kappa shape index (κ3) is 7.32. The number of benzene rings is 1. The zero-order valence-electron chi connectivity index (χ0n) is 22.6. The van der Waals surface area contributed by atoms with Crippen molar-refractivity contribution >= 4 is 17.9 Å². The van der Waals surface area contributed by atoms with Gasteiger partial charge in [0.05, 0.1) is 26.8 Å². The van der Waals surface area contributed by atoms with Crippen LogP contribution in [0.2, 0.25) is 0 Å². The van der Waals surface area contributed by atoms with Crippen LogP contribution in [0.1, 0.15) is 57.0 Å². The van der Waals surface area contributed by atoms with Crippen molar-refractivity contribution in [3.8, 4) is 29.4 Å². The summed E-state index contributed by atoms with van der Waals surface area (Å²) >= 11 is 0. The van der Waals surface area contributed by atoms with Crippen LogP contribution in [0.5, 0.6) is 11.5 Å². The van der Waals surface area contributed by atoms with Crippen molar-refractivity contribution in [1.29, 1.82) is 5.26 Å². The number of nitrogens with zero attached hydrogens (tertiary/aromatic N) is 4. The van der Waals surface area contributed by atoms with Crippen molar-refractivity contribution in [3.63, 3.8) is 0 Å². The number of methoxy groups -OCH3 is 2. The standard InChI is InChI=1S/C27H33N5O6/c1-18(33)37-12-10-29-25-23(16-28)24(8-7-19-13-21(35-5)15-22(14-19)36-6)30-32(25)20-9-11-31(17-20)26(34)38-27(2,3)4/h13-15,20,29H,9-12,17H2,1-6H3. The number of likely N-dealkylation sites (tertiary alicyclic amines) is 1. The minimum absolute atomic E-state index is 0.116. The van der Waals surface area contributed by atoms with Gasteiger partial charge < -0.3 is 29.2 Å². The highest BCUT2D eigenvalue weighted by Crippen LogP contribution is 2.30. The highest BCUT2D eigenvalue weighted by molar-refractivity contribution is 5.69. The van der Waals surface area contributed by atoms with E-state index in [9.17, 15) is 14.9 Å². The van der Waals surface area contributed by atoms with Gasteiger partial charge in [-0.15, -0.1) is 0 Å². The maximum absolute atomic E-state index is 12.6. The van der Waals surface area contributed by atoms with Gasteiger partial charge in [0.1, 0.15) is 41.2 Å². The lowest BCUT2D eigenvalue weighted by Gasteiger charge is -2.24. The van der Waals surface area contributed by atoms with E-state index in [0.717, 1.165) is 0 Å². The molecule has 1 saturated heterocycles. The van der Waals surface area contributed by atoms with Crippen molar-refractivity contribution in [1.82, 2.24) is 14.7 Å². The fourth-order valence-corrected chi connectivity index (χ4v) is 3.87. The summed E-state index contributed by atoms with van der Waals surface area (Å²) in [5, 5.41) is 17.8. The molecule has 1 aliphatic heterocycles. The Morgan fingerprint density at radius 1 is 1.16 bits per heavy atom. The van der Waals surface area contributed by atoms with Crippen LogP contribution >= 0.6 is 0 Å². The molecule has 0 aliphatic carbocycles. The molecule has 2 heterocycles. The molecule has 1 atom stereocenters. The van der Waals surface area contributed by atoms with Crippen LogP contribution in [-0.2, 0) is 14.3 Å². The quantitative estimate of drug-likeness (QED) is 0.330. The van der Waals surface area contributed by atoms with Crippen LogP contribution in [0, 0.1) is 23.2 Å². The normalized spacial score (nSPS) is 14.7. The maximum atomic E-state index is 12.6. The molecule has 0 saturated carbocycles. The smallest absolute Gasteiger partial charge is 0.410 e. The lowest BCUT2D eigenvalue weighted by atomic mass is 10.2. The highest BCUT2D eigenvalue weighted by atomic mass is 16.6. The van der Waals surface area contributed by atoms with E-state index in [0.29, 0.717) is 42.4 Å². The van der Waals surface area contributed by atoms with E-state index in [1.807, 2.05) is 20.8 Å². The Balaban J connectivity index is 1.94. The fourth-order valence-electron chi connectivity index (χ4n) is 3.87. The molecule has 1 unspecified atom stereocenters. The van der Waals surface area contributed by atoms with E-state index in [1.165, 1.54) is 6.92 Å². The summed E-state index contributed by atoms with van der Waals surface area (Å²) in [6.07, 6.45) is 0.216. The summed E-state index contributed by atoms with van der Waals surface area (Å²) in [5.74, 6) is 7.24. The lowest BCUT2D eigenvalue weighted by Crippen LogP contribution is -2.35. The number of hydrogen-bond acceptors (Lipinski definition) is 9. The number of nitriles is 1. The number of aromatic nitrogens is 2. The first-order chi connectivity index (χ1) is 18.0. The van der Waals surface area contributed by atoms with E-state index in [4.69, 9.17) is 18.9 Å². The molecule has 11 heteroatoms. The van der Waals surface area contributed by atoms with Crippen LogP contribution in [-0.4, -0.2) is 72.8 Å². The predicted molar refractivity (Wildman–Crippen MR) is 139 cm³/mol. The molecule has 0 radical (unpaired) electrons. The third-order valence-electron chi connectivity index (χ3n) is 5.56. The third-order valence-corrected chi connectivity index (χ3v) is 5.56. The summed E-state index contributed by atoms with van der Waals surface area (Å²) in [6, 6.07) is 7.23. The average Bonchev–Trinajstić information content (AvgIpc) is 3.48.